The van der Waals surface area contributed by atoms with Crippen molar-refractivity contribution in [1.29, 1.82) is 0 Å². The van der Waals surface area contributed by atoms with Gasteiger partial charge in [-0.15, -0.1) is 0 Å². The maximum atomic E-state index is 2.42. The minimum absolute atomic E-state index is 0.318. The van der Waals surface area contributed by atoms with Gasteiger partial charge in [0.1, 0.15) is 0 Å². The van der Waals surface area contributed by atoms with Gasteiger partial charge in [0.25, 0.3) is 0 Å². The van der Waals surface area contributed by atoms with E-state index in [-0.39, 0.29) is 17.6 Å². The Morgan fingerprint density at radius 2 is 0.963 bits per heavy atom. The van der Waals surface area contributed by atoms with Crippen molar-refractivity contribution in [1.82, 2.24) is 0 Å². The number of hydrogen-bond donors (Lipinski definition) is 0. The molecule has 3 aromatic carbocycles. The van der Waals surface area contributed by atoms with E-state index in [1.807, 2.05) is 0 Å². The van der Waals surface area contributed by atoms with Gasteiger partial charge in [-0.05, 0) is 47.1 Å². The van der Waals surface area contributed by atoms with Crippen molar-refractivity contribution < 1.29 is 0 Å². The Morgan fingerprint density at radius 3 is 1.41 bits per heavy atom. The van der Waals surface area contributed by atoms with E-state index in [1.165, 1.54) is 17.4 Å². The third-order valence-electron chi connectivity index (χ3n) is 4.57. The molecule has 3 rings (SSSR count). The van der Waals surface area contributed by atoms with Crippen molar-refractivity contribution in [3.05, 3.63) is 90.0 Å². The van der Waals surface area contributed by atoms with Gasteiger partial charge in [0.15, 0.2) is 0 Å². The van der Waals surface area contributed by atoms with Crippen LogP contribution in [-0.2, 0) is 12.1 Å². The standard InChI is InChI=1S/C24H29PSi2/c1-26(2)18-20-12-8-10-16-23(20)25(22-14-6-5-7-15-22)24-17-11-9-13-21(24)19-27(3)4/h5-17H,18-19H2,1-4H3. The monoisotopic (exact) mass is 404 g/mol. The molecule has 0 unspecified atom stereocenters. The Kier molecular flexibility index (Phi) is 7.23. The van der Waals surface area contributed by atoms with Crippen LogP contribution in [0.4, 0.5) is 0 Å². The first-order valence-electron chi connectivity index (χ1n) is 9.65. The van der Waals surface area contributed by atoms with Gasteiger partial charge in [-0.25, -0.2) is 0 Å². The highest BCUT2D eigenvalue weighted by Crippen LogP contribution is 2.36. The Labute approximate surface area is 169 Å². The lowest BCUT2D eigenvalue weighted by atomic mass is 10.2. The SMILES string of the molecule is C[Si](C)Cc1ccccc1P(c1ccccc1)c1ccccc1C[Si](C)C. The smallest absolute Gasteiger partial charge is 0.0460 e. The lowest BCUT2D eigenvalue weighted by Gasteiger charge is -2.25. The lowest BCUT2D eigenvalue weighted by Crippen LogP contribution is -2.28. The van der Waals surface area contributed by atoms with Crippen LogP contribution in [0.25, 0.3) is 0 Å². The van der Waals surface area contributed by atoms with Crippen molar-refractivity contribution in [2.45, 2.75) is 38.3 Å². The van der Waals surface area contributed by atoms with E-state index >= 15 is 0 Å². The van der Waals surface area contributed by atoms with Crippen LogP contribution in [0, 0.1) is 0 Å². The first-order chi connectivity index (χ1) is 13.1. The molecular formula is C24H29PSi2. The van der Waals surface area contributed by atoms with Crippen molar-refractivity contribution in [3.8, 4) is 0 Å². The fourth-order valence-corrected chi connectivity index (χ4v) is 8.58. The Balaban J connectivity index is 2.19. The highest BCUT2D eigenvalue weighted by Gasteiger charge is 2.22. The predicted octanol–water partition coefficient (Wildman–Crippen LogP) is 5.12. The number of hydrogen-bond acceptors (Lipinski definition) is 0. The molecule has 0 saturated carbocycles. The molecule has 0 aliphatic rings. The Hall–Kier alpha value is -1.48. The predicted molar refractivity (Wildman–Crippen MR) is 128 cm³/mol. The second-order valence-corrected chi connectivity index (χ2v) is 15.4. The van der Waals surface area contributed by atoms with Gasteiger partial charge in [0, 0.05) is 17.6 Å². The Morgan fingerprint density at radius 1 is 0.556 bits per heavy atom. The van der Waals surface area contributed by atoms with Crippen LogP contribution in [0.1, 0.15) is 11.1 Å². The topological polar surface area (TPSA) is 0 Å². The first-order valence-corrected chi connectivity index (χ1v) is 16.4. The molecule has 0 saturated heterocycles. The number of benzene rings is 3. The van der Waals surface area contributed by atoms with E-state index in [4.69, 9.17) is 0 Å². The molecule has 3 aromatic rings. The zero-order valence-corrected chi connectivity index (χ0v) is 19.8. The van der Waals surface area contributed by atoms with Gasteiger partial charge in [-0.3, -0.25) is 0 Å². The van der Waals surface area contributed by atoms with E-state index in [2.05, 4.69) is 105 Å². The van der Waals surface area contributed by atoms with Gasteiger partial charge in [-0.1, -0.05) is 105 Å². The molecule has 0 atom stereocenters. The van der Waals surface area contributed by atoms with Gasteiger partial charge >= 0.3 is 0 Å². The van der Waals surface area contributed by atoms with Crippen LogP contribution in [0.15, 0.2) is 78.9 Å². The van der Waals surface area contributed by atoms with Gasteiger partial charge < -0.3 is 0 Å². The second kappa shape index (κ2) is 9.64. The van der Waals surface area contributed by atoms with E-state index < -0.39 is 7.92 Å². The number of rotatable bonds is 7. The summed E-state index contributed by atoms with van der Waals surface area (Å²) in [6.07, 6.45) is 0. The summed E-state index contributed by atoms with van der Waals surface area (Å²) in [7, 11) is -1.15. The molecule has 0 aromatic heterocycles. The maximum Gasteiger partial charge on any atom is 0.0460 e. The molecule has 0 aliphatic heterocycles. The van der Waals surface area contributed by atoms with E-state index in [9.17, 15) is 0 Å². The second-order valence-electron chi connectivity index (χ2n) is 7.70. The third kappa shape index (κ3) is 5.28. The van der Waals surface area contributed by atoms with Gasteiger partial charge in [-0.2, -0.15) is 0 Å². The van der Waals surface area contributed by atoms with Crippen molar-refractivity contribution >= 4 is 41.4 Å². The molecular weight excluding hydrogens is 375 g/mol. The molecule has 0 bridgehead atoms. The average molecular weight is 405 g/mol. The van der Waals surface area contributed by atoms with Crippen molar-refractivity contribution in [3.63, 3.8) is 0 Å². The summed E-state index contributed by atoms with van der Waals surface area (Å²) in [6.45, 7) is 9.68. The van der Waals surface area contributed by atoms with Crippen LogP contribution in [-0.4, -0.2) is 17.6 Å². The summed E-state index contributed by atoms with van der Waals surface area (Å²) in [5, 5.41) is 4.58. The van der Waals surface area contributed by atoms with Crippen molar-refractivity contribution in [2.75, 3.05) is 0 Å². The normalized spacial score (nSPS) is 11.5. The molecule has 0 N–H and O–H groups in total. The zero-order valence-electron chi connectivity index (χ0n) is 16.9. The summed E-state index contributed by atoms with van der Waals surface area (Å²) in [5.41, 5.74) is 3.11. The van der Waals surface area contributed by atoms with E-state index in [0.717, 1.165) is 0 Å². The molecule has 27 heavy (non-hydrogen) atoms. The molecule has 138 valence electrons. The lowest BCUT2D eigenvalue weighted by molar-refractivity contribution is 1.37. The summed E-state index contributed by atoms with van der Waals surface area (Å²) in [4.78, 5) is 0. The summed E-state index contributed by atoms with van der Waals surface area (Å²) in [5.74, 6) is 0. The minimum atomic E-state index is -0.516. The summed E-state index contributed by atoms with van der Waals surface area (Å²) >= 11 is 0. The Bertz CT molecular complexity index is 806. The largest absolute Gasteiger partial charge is 0.0710 e. The molecule has 3 heteroatoms. The molecule has 0 spiro atoms. The average Bonchev–Trinajstić information content (AvgIpc) is 2.65. The molecule has 0 nitrogen and oxygen atoms in total. The quantitative estimate of drug-likeness (QED) is 0.379. The molecule has 0 fully saturated rings. The molecule has 2 radical (unpaired) electrons. The minimum Gasteiger partial charge on any atom is -0.0710 e. The van der Waals surface area contributed by atoms with E-state index in [0.29, 0.717) is 0 Å². The molecule has 0 aliphatic carbocycles. The third-order valence-corrected chi connectivity index (χ3v) is 9.39. The van der Waals surface area contributed by atoms with Crippen molar-refractivity contribution in [2.24, 2.45) is 0 Å². The van der Waals surface area contributed by atoms with Crippen LogP contribution in [0.5, 0.6) is 0 Å². The van der Waals surface area contributed by atoms with Crippen LogP contribution in [0.2, 0.25) is 26.2 Å². The highest BCUT2D eigenvalue weighted by molar-refractivity contribution is 7.80. The van der Waals surface area contributed by atoms with Gasteiger partial charge in [0.2, 0.25) is 0 Å². The van der Waals surface area contributed by atoms with Gasteiger partial charge in [0.05, 0.1) is 0 Å². The first kappa shape index (κ1) is 20.3. The zero-order chi connectivity index (χ0) is 19.2. The fraction of sp³-hybridized carbons (Fsp3) is 0.250. The molecule has 0 heterocycles. The highest BCUT2D eigenvalue weighted by atomic mass is 31.1. The maximum absolute atomic E-state index is 2.42. The van der Waals surface area contributed by atoms with Crippen LogP contribution >= 0.6 is 7.92 Å². The fourth-order valence-electron chi connectivity index (χ4n) is 3.50. The summed E-state index contributed by atoms with van der Waals surface area (Å²) < 4.78 is 0. The molecule has 0 amide bonds. The summed E-state index contributed by atoms with van der Waals surface area (Å²) in [6, 6.07) is 32.0. The van der Waals surface area contributed by atoms with Crippen LogP contribution < -0.4 is 15.9 Å². The van der Waals surface area contributed by atoms with Crippen LogP contribution in [0.3, 0.4) is 0 Å². The van der Waals surface area contributed by atoms with E-state index in [1.54, 1.807) is 21.7 Å².